The molecule has 0 aliphatic heterocycles. The average Bonchev–Trinajstić information content (AvgIpc) is 2.74. The highest BCUT2D eigenvalue weighted by molar-refractivity contribution is 5.72. The molecule has 0 spiro atoms. The molecule has 0 aliphatic rings. The second-order valence-electron chi connectivity index (χ2n) is 3.48. The van der Waals surface area contributed by atoms with E-state index in [0.717, 1.165) is 16.9 Å². The van der Waals surface area contributed by atoms with Crippen molar-refractivity contribution < 1.29 is 5.11 Å². The van der Waals surface area contributed by atoms with Crippen molar-refractivity contribution in [1.29, 1.82) is 0 Å². The van der Waals surface area contributed by atoms with Gasteiger partial charge in [-0.2, -0.15) is 0 Å². The molecule has 16 heavy (non-hydrogen) atoms. The van der Waals surface area contributed by atoms with Gasteiger partial charge in [-0.25, -0.2) is 9.97 Å². The molecule has 0 unspecified atom stereocenters. The number of fused-ring (bicyclic) bond motifs is 1. The summed E-state index contributed by atoms with van der Waals surface area (Å²) >= 11 is 0. The number of aromatic hydroxyl groups is 1. The van der Waals surface area contributed by atoms with E-state index in [1.807, 2.05) is 28.8 Å². The molecule has 0 fully saturated rings. The van der Waals surface area contributed by atoms with Crippen LogP contribution in [0.1, 0.15) is 0 Å². The molecule has 0 bridgehead atoms. The zero-order chi connectivity index (χ0) is 11.0. The van der Waals surface area contributed by atoms with E-state index in [1.54, 1.807) is 24.7 Å². The molecular weight excluding hydrogens is 202 g/mol. The van der Waals surface area contributed by atoms with Crippen LogP contribution in [0.5, 0.6) is 5.75 Å². The van der Waals surface area contributed by atoms with Crippen molar-refractivity contribution in [2.24, 2.45) is 0 Å². The Kier molecular flexibility index (Phi) is 1.86. The Balaban J connectivity index is 2.22. The summed E-state index contributed by atoms with van der Waals surface area (Å²) in [5, 5.41) is 9.23. The molecule has 3 rings (SSSR count). The fraction of sp³-hybridized carbons (Fsp3) is 0. The zero-order valence-corrected chi connectivity index (χ0v) is 8.41. The van der Waals surface area contributed by atoms with Gasteiger partial charge in [-0.3, -0.25) is 4.57 Å². The lowest BCUT2D eigenvalue weighted by molar-refractivity contribution is 0.475. The lowest BCUT2D eigenvalue weighted by Gasteiger charge is -2.02. The Hall–Kier alpha value is -2.36. The third-order valence-corrected chi connectivity index (χ3v) is 2.43. The smallest absolute Gasteiger partial charge is 0.164 e. The topological polar surface area (TPSA) is 50.9 Å². The monoisotopic (exact) mass is 211 g/mol. The minimum atomic E-state index is 0.251. The van der Waals surface area contributed by atoms with E-state index >= 15 is 0 Å². The van der Waals surface area contributed by atoms with E-state index in [4.69, 9.17) is 0 Å². The van der Waals surface area contributed by atoms with Gasteiger partial charge in [0.15, 0.2) is 5.65 Å². The van der Waals surface area contributed by atoms with E-state index < -0.39 is 0 Å². The number of imidazole rings is 1. The van der Waals surface area contributed by atoms with E-state index in [9.17, 15) is 5.11 Å². The van der Waals surface area contributed by atoms with Crippen LogP contribution in [-0.2, 0) is 0 Å². The largest absolute Gasteiger partial charge is 0.508 e. The van der Waals surface area contributed by atoms with Gasteiger partial charge in [-0.15, -0.1) is 0 Å². The van der Waals surface area contributed by atoms with Crippen LogP contribution in [0.4, 0.5) is 0 Å². The maximum absolute atomic E-state index is 9.23. The molecule has 78 valence electrons. The van der Waals surface area contributed by atoms with Crippen LogP contribution in [0.3, 0.4) is 0 Å². The maximum Gasteiger partial charge on any atom is 0.164 e. The van der Waals surface area contributed by atoms with Crippen LogP contribution >= 0.6 is 0 Å². The summed E-state index contributed by atoms with van der Waals surface area (Å²) in [5.74, 6) is 0.251. The van der Waals surface area contributed by atoms with Gasteiger partial charge < -0.3 is 5.11 Å². The number of phenolic OH excluding ortho intramolecular Hbond substituents is 1. The van der Waals surface area contributed by atoms with E-state index in [1.165, 1.54) is 0 Å². The third-order valence-electron chi connectivity index (χ3n) is 2.43. The van der Waals surface area contributed by atoms with Gasteiger partial charge in [0, 0.05) is 11.9 Å². The summed E-state index contributed by atoms with van der Waals surface area (Å²) in [6.07, 6.45) is 3.46. The first-order valence-corrected chi connectivity index (χ1v) is 4.92. The maximum atomic E-state index is 9.23. The lowest BCUT2D eigenvalue weighted by Crippen LogP contribution is -1.92. The molecule has 4 nitrogen and oxygen atoms in total. The highest BCUT2D eigenvalue weighted by Gasteiger charge is 2.04. The summed E-state index contributed by atoms with van der Waals surface area (Å²) in [6.45, 7) is 0. The zero-order valence-electron chi connectivity index (χ0n) is 8.41. The van der Waals surface area contributed by atoms with Crippen LogP contribution < -0.4 is 0 Å². The molecule has 3 aromatic rings. The van der Waals surface area contributed by atoms with Crippen molar-refractivity contribution >= 4 is 11.2 Å². The molecule has 2 aromatic heterocycles. The molecule has 1 N–H and O–H groups in total. The number of aromatic nitrogens is 3. The van der Waals surface area contributed by atoms with E-state index in [-0.39, 0.29) is 5.75 Å². The average molecular weight is 211 g/mol. The van der Waals surface area contributed by atoms with Crippen LogP contribution in [0, 0.1) is 0 Å². The van der Waals surface area contributed by atoms with Gasteiger partial charge >= 0.3 is 0 Å². The fourth-order valence-electron chi connectivity index (χ4n) is 1.65. The number of phenols is 1. The fourth-order valence-corrected chi connectivity index (χ4v) is 1.65. The first-order chi connectivity index (χ1) is 7.84. The van der Waals surface area contributed by atoms with Gasteiger partial charge in [-0.1, -0.05) is 0 Å². The summed E-state index contributed by atoms with van der Waals surface area (Å²) in [4.78, 5) is 8.53. The minimum absolute atomic E-state index is 0.251. The minimum Gasteiger partial charge on any atom is -0.508 e. The Labute approximate surface area is 91.8 Å². The molecule has 0 atom stereocenters. The first kappa shape index (κ1) is 8.91. The van der Waals surface area contributed by atoms with Crippen molar-refractivity contribution in [3.8, 4) is 11.4 Å². The molecule has 1 aromatic carbocycles. The lowest BCUT2D eigenvalue weighted by atomic mass is 10.3. The Morgan fingerprint density at radius 3 is 2.62 bits per heavy atom. The number of hydrogen-bond donors (Lipinski definition) is 1. The summed E-state index contributed by atoms with van der Waals surface area (Å²) < 4.78 is 1.88. The van der Waals surface area contributed by atoms with Gasteiger partial charge in [0.05, 0.1) is 0 Å². The highest BCUT2D eigenvalue weighted by atomic mass is 16.3. The normalized spacial score (nSPS) is 10.8. The van der Waals surface area contributed by atoms with Gasteiger partial charge in [-0.05, 0) is 36.4 Å². The molecule has 0 aliphatic carbocycles. The van der Waals surface area contributed by atoms with E-state index in [2.05, 4.69) is 9.97 Å². The molecule has 0 saturated carbocycles. The first-order valence-electron chi connectivity index (χ1n) is 4.92. The number of nitrogens with zero attached hydrogens (tertiary/aromatic N) is 3. The third kappa shape index (κ3) is 1.32. The second-order valence-corrected chi connectivity index (χ2v) is 3.48. The quantitative estimate of drug-likeness (QED) is 0.670. The number of rotatable bonds is 1. The van der Waals surface area contributed by atoms with Crippen molar-refractivity contribution in [3.05, 3.63) is 48.9 Å². The number of benzene rings is 1. The number of pyridine rings is 1. The predicted molar refractivity (Wildman–Crippen MR) is 60.5 cm³/mol. The predicted octanol–water partition coefficient (Wildman–Crippen LogP) is 2.13. The molecular formula is C12H9N3O. The van der Waals surface area contributed by atoms with Crippen molar-refractivity contribution in [2.45, 2.75) is 0 Å². The summed E-state index contributed by atoms with van der Waals surface area (Å²) in [7, 11) is 0. The Morgan fingerprint density at radius 1 is 1.00 bits per heavy atom. The van der Waals surface area contributed by atoms with Crippen molar-refractivity contribution in [1.82, 2.24) is 14.5 Å². The second kappa shape index (κ2) is 3.34. The van der Waals surface area contributed by atoms with Gasteiger partial charge in [0.1, 0.15) is 17.6 Å². The van der Waals surface area contributed by atoms with Gasteiger partial charge in [0.2, 0.25) is 0 Å². The molecule has 0 amide bonds. The Bertz CT molecular complexity index is 628. The molecule has 4 heteroatoms. The van der Waals surface area contributed by atoms with Gasteiger partial charge in [0.25, 0.3) is 0 Å². The van der Waals surface area contributed by atoms with Crippen LogP contribution in [0.15, 0.2) is 48.9 Å². The van der Waals surface area contributed by atoms with Crippen LogP contribution in [0.2, 0.25) is 0 Å². The molecule has 2 heterocycles. The SMILES string of the molecule is Oc1ccc(-n2cnc3cccnc32)cc1. The molecule has 0 radical (unpaired) electrons. The van der Waals surface area contributed by atoms with Crippen LogP contribution in [-0.4, -0.2) is 19.6 Å². The Morgan fingerprint density at radius 2 is 1.81 bits per heavy atom. The summed E-state index contributed by atoms with van der Waals surface area (Å²) in [6, 6.07) is 10.7. The van der Waals surface area contributed by atoms with E-state index in [0.29, 0.717) is 0 Å². The van der Waals surface area contributed by atoms with Crippen LogP contribution in [0.25, 0.3) is 16.9 Å². The highest BCUT2D eigenvalue weighted by Crippen LogP contribution is 2.17. The van der Waals surface area contributed by atoms with Crippen molar-refractivity contribution in [2.75, 3.05) is 0 Å². The molecule has 0 saturated heterocycles. The standard InChI is InChI=1S/C12H9N3O/c16-10-5-3-9(4-6-10)15-8-14-11-2-1-7-13-12(11)15/h1-8,16H. The number of hydrogen-bond acceptors (Lipinski definition) is 3. The summed E-state index contributed by atoms with van der Waals surface area (Å²) in [5.41, 5.74) is 2.60. The van der Waals surface area contributed by atoms with Crippen molar-refractivity contribution in [3.63, 3.8) is 0 Å².